The second-order valence-electron chi connectivity index (χ2n) is 4.19. The predicted molar refractivity (Wildman–Crippen MR) is 70.7 cm³/mol. The van der Waals surface area contributed by atoms with Crippen LogP contribution < -0.4 is 0 Å². The quantitative estimate of drug-likeness (QED) is 0.783. The molecular formula is C12H17ClFNO2S. The molecule has 0 radical (unpaired) electrons. The Hall–Kier alpha value is -0.650. The van der Waals surface area contributed by atoms with Crippen molar-refractivity contribution in [2.75, 3.05) is 6.54 Å². The van der Waals surface area contributed by atoms with Gasteiger partial charge in [0.2, 0.25) is 10.0 Å². The third kappa shape index (κ3) is 3.02. The lowest BCUT2D eigenvalue weighted by Crippen LogP contribution is -2.36. The highest BCUT2D eigenvalue weighted by atomic mass is 35.5. The van der Waals surface area contributed by atoms with E-state index in [1.165, 1.54) is 16.4 Å². The first-order valence-corrected chi connectivity index (χ1v) is 7.68. The van der Waals surface area contributed by atoms with Crippen LogP contribution in [0.1, 0.15) is 26.3 Å². The highest BCUT2D eigenvalue weighted by Gasteiger charge is 2.26. The fourth-order valence-electron chi connectivity index (χ4n) is 1.76. The molecule has 1 aromatic carbocycles. The van der Waals surface area contributed by atoms with Crippen LogP contribution in [0.2, 0.25) is 0 Å². The van der Waals surface area contributed by atoms with Gasteiger partial charge in [0.25, 0.3) is 0 Å². The minimum absolute atomic E-state index is 0.0526. The summed E-state index contributed by atoms with van der Waals surface area (Å²) < 4.78 is 39.4. The van der Waals surface area contributed by atoms with E-state index in [9.17, 15) is 12.8 Å². The Balaban J connectivity index is 3.28. The van der Waals surface area contributed by atoms with Gasteiger partial charge in [0, 0.05) is 18.2 Å². The third-order valence-corrected chi connectivity index (χ3v) is 5.09. The molecule has 0 spiro atoms. The fraction of sp³-hybridized carbons (Fsp3) is 0.500. The molecule has 3 nitrogen and oxygen atoms in total. The zero-order chi connectivity index (χ0) is 13.9. The van der Waals surface area contributed by atoms with Crippen LogP contribution >= 0.6 is 11.6 Å². The van der Waals surface area contributed by atoms with Crippen LogP contribution in [0.15, 0.2) is 23.1 Å². The van der Waals surface area contributed by atoms with Crippen molar-refractivity contribution in [2.45, 2.75) is 37.6 Å². The van der Waals surface area contributed by atoms with Crippen molar-refractivity contribution in [1.82, 2.24) is 4.31 Å². The molecular weight excluding hydrogens is 277 g/mol. The predicted octanol–water partition coefficient (Wildman–Crippen LogP) is 2.98. The van der Waals surface area contributed by atoms with Crippen LogP contribution in [0.3, 0.4) is 0 Å². The van der Waals surface area contributed by atoms with Crippen molar-refractivity contribution >= 4 is 21.6 Å². The molecule has 0 aliphatic heterocycles. The van der Waals surface area contributed by atoms with Crippen molar-refractivity contribution < 1.29 is 12.8 Å². The van der Waals surface area contributed by atoms with Gasteiger partial charge in [-0.05, 0) is 32.0 Å². The van der Waals surface area contributed by atoms with E-state index in [2.05, 4.69) is 0 Å². The number of benzene rings is 1. The second kappa shape index (κ2) is 5.99. The molecule has 102 valence electrons. The summed E-state index contributed by atoms with van der Waals surface area (Å²) in [5.41, 5.74) is 0.192. The van der Waals surface area contributed by atoms with Gasteiger partial charge in [0.05, 0.1) is 10.8 Å². The largest absolute Gasteiger partial charge is 0.243 e. The number of nitrogens with zero attached hydrogens (tertiary/aromatic N) is 1. The van der Waals surface area contributed by atoms with Gasteiger partial charge in [-0.1, -0.05) is 6.92 Å². The molecule has 1 rings (SSSR count). The van der Waals surface area contributed by atoms with E-state index in [0.717, 1.165) is 6.07 Å². The van der Waals surface area contributed by atoms with Crippen LogP contribution in [0.25, 0.3) is 0 Å². The molecule has 0 aliphatic carbocycles. The second-order valence-corrected chi connectivity index (χ2v) is 6.35. The van der Waals surface area contributed by atoms with Crippen LogP contribution in [-0.2, 0) is 15.9 Å². The summed E-state index contributed by atoms with van der Waals surface area (Å²) in [5.74, 6) is -0.542. The minimum atomic E-state index is -3.59. The molecule has 18 heavy (non-hydrogen) atoms. The summed E-state index contributed by atoms with van der Waals surface area (Å²) in [4.78, 5) is 0.0788. The molecule has 0 saturated heterocycles. The minimum Gasteiger partial charge on any atom is -0.207 e. The Bertz CT molecular complexity index is 517. The maximum atomic E-state index is 13.3. The first-order chi connectivity index (χ1) is 8.34. The SMILES string of the molecule is CCN(C(C)C)S(=O)(=O)c1ccc(F)c(CCl)c1. The van der Waals surface area contributed by atoms with Gasteiger partial charge in [-0.15, -0.1) is 11.6 Å². The maximum Gasteiger partial charge on any atom is 0.243 e. The first kappa shape index (κ1) is 15.4. The van der Waals surface area contributed by atoms with Crippen LogP contribution in [0, 0.1) is 5.82 Å². The Morgan fingerprint density at radius 2 is 2.00 bits per heavy atom. The molecule has 0 bridgehead atoms. The Morgan fingerprint density at radius 1 is 1.39 bits per heavy atom. The molecule has 0 aromatic heterocycles. The number of hydrogen-bond donors (Lipinski definition) is 0. The number of hydrogen-bond acceptors (Lipinski definition) is 2. The van der Waals surface area contributed by atoms with Crippen LogP contribution in [0.5, 0.6) is 0 Å². The Morgan fingerprint density at radius 3 is 2.44 bits per heavy atom. The zero-order valence-electron chi connectivity index (χ0n) is 10.7. The van der Waals surface area contributed by atoms with E-state index in [-0.39, 0.29) is 22.4 Å². The van der Waals surface area contributed by atoms with Crippen LogP contribution in [0.4, 0.5) is 4.39 Å². The lowest BCUT2D eigenvalue weighted by atomic mass is 10.2. The van der Waals surface area contributed by atoms with Crippen molar-refractivity contribution in [3.63, 3.8) is 0 Å². The van der Waals surface area contributed by atoms with Crippen LogP contribution in [-0.4, -0.2) is 25.3 Å². The molecule has 6 heteroatoms. The molecule has 0 amide bonds. The van der Waals surface area contributed by atoms with Gasteiger partial charge < -0.3 is 0 Å². The zero-order valence-corrected chi connectivity index (χ0v) is 12.2. The number of rotatable bonds is 5. The smallest absolute Gasteiger partial charge is 0.207 e. The van der Waals surface area contributed by atoms with Crippen molar-refractivity contribution in [3.8, 4) is 0 Å². The summed E-state index contributed by atoms with van der Waals surface area (Å²) >= 11 is 5.58. The van der Waals surface area contributed by atoms with E-state index in [4.69, 9.17) is 11.6 Å². The lowest BCUT2D eigenvalue weighted by Gasteiger charge is -2.24. The Labute approximate surface area is 113 Å². The van der Waals surface area contributed by atoms with E-state index < -0.39 is 15.8 Å². The van der Waals surface area contributed by atoms with E-state index in [0.29, 0.717) is 6.54 Å². The molecule has 0 saturated carbocycles. The molecule has 0 unspecified atom stereocenters. The topological polar surface area (TPSA) is 37.4 Å². The number of alkyl halides is 1. The maximum absolute atomic E-state index is 13.3. The van der Waals surface area contributed by atoms with Gasteiger partial charge in [-0.25, -0.2) is 12.8 Å². The molecule has 0 aliphatic rings. The molecule has 1 aromatic rings. The average Bonchev–Trinajstić information content (AvgIpc) is 2.29. The summed E-state index contributed by atoms with van der Waals surface area (Å²) in [6, 6.07) is 3.55. The summed E-state index contributed by atoms with van der Waals surface area (Å²) in [6.45, 7) is 5.73. The van der Waals surface area contributed by atoms with Gasteiger partial charge in [-0.3, -0.25) is 0 Å². The van der Waals surface area contributed by atoms with E-state index >= 15 is 0 Å². The Kier molecular flexibility index (Phi) is 5.13. The lowest BCUT2D eigenvalue weighted by molar-refractivity contribution is 0.369. The first-order valence-electron chi connectivity index (χ1n) is 5.70. The summed E-state index contributed by atoms with van der Waals surface area (Å²) in [6.07, 6.45) is 0. The van der Waals surface area contributed by atoms with Gasteiger partial charge in [0.15, 0.2) is 0 Å². The number of halogens is 2. The van der Waals surface area contributed by atoms with Crippen molar-refractivity contribution in [2.24, 2.45) is 0 Å². The fourth-order valence-corrected chi connectivity index (χ4v) is 3.66. The summed E-state index contributed by atoms with van der Waals surface area (Å²) in [7, 11) is -3.59. The van der Waals surface area contributed by atoms with Crippen molar-refractivity contribution in [3.05, 3.63) is 29.6 Å². The molecule has 0 N–H and O–H groups in total. The molecule has 0 atom stereocenters. The van der Waals surface area contributed by atoms with E-state index in [1.54, 1.807) is 20.8 Å². The summed E-state index contributed by atoms with van der Waals surface area (Å²) in [5, 5.41) is 0. The molecule has 0 fully saturated rings. The van der Waals surface area contributed by atoms with Gasteiger partial charge in [0.1, 0.15) is 5.82 Å². The highest BCUT2D eigenvalue weighted by Crippen LogP contribution is 2.21. The van der Waals surface area contributed by atoms with Gasteiger partial charge in [-0.2, -0.15) is 4.31 Å². The number of sulfonamides is 1. The monoisotopic (exact) mass is 293 g/mol. The van der Waals surface area contributed by atoms with Crippen molar-refractivity contribution in [1.29, 1.82) is 0 Å². The molecule has 0 heterocycles. The average molecular weight is 294 g/mol. The third-order valence-electron chi connectivity index (χ3n) is 2.66. The standard InChI is InChI=1S/C12H17ClFNO2S/c1-4-15(9(2)3)18(16,17)11-5-6-12(14)10(7-11)8-13/h5-7,9H,4,8H2,1-3H3. The highest BCUT2D eigenvalue weighted by molar-refractivity contribution is 7.89. The van der Waals surface area contributed by atoms with E-state index in [1.807, 2.05) is 0 Å². The normalized spacial score (nSPS) is 12.4. The van der Waals surface area contributed by atoms with Gasteiger partial charge >= 0.3 is 0 Å².